The van der Waals surface area contributed by atoms with E-state index in [2.05, 4.69) is 32.9 Å². The number of aromatic nitrogens is 3. The highest BCUT2D eigenvalue weighted by atomic mass is 32.1. The molecule has 0 spiro atoms. The van der Waals surface area contributed by atoms with Crippen molar-refractivity contribution in [2.75, 3.05) is 20.1 Å². The summed E-state index contributed by atoms with van der Waals surface area (Å²) in [5, 5.41) is 39.0. The molecule has 0 amide bonds. The van der Waals surface area contributed by atoms with E-state index in [-0.39, 0.29) is 17.4 Å². The number of fused-ring (bicyclic) bond motifs is 4. The highest BCUT2D eigenvalue weighted by molar-refractivity contribution is 7.13. The Labute approximate surface area is 333 Å². The minimum absolute atomic E-state index is 0.0257. The van der Waals surface area contributed by atoms with Gasteiger partial charge in [0.15, 0.2) is 0 Å². The van der Waals surface area contributed by atoms with E-state index >= 15 is 0 Å². The molecule has 2 atom stereocenters. The summed E-state index contributed by atoms with van der Waals surface area (Å²) in [6.07, 6.45) is 8.49. The highest BCUT2D eigenvalue weighted by Gasteiger charge is 2.45. The number of pyridine rings is 1. The van der Waals surface area contributed by atoms with Crippen LogP contribution in [0, 0.1) is 6.92 Å². The van der Waals surface area contributed by atoms with Gasteiger partial charge in [0.2, 0.25) is 11.2 Å². The van der Waals surface area contributed by atoms with Crippen LogP contribution in [0.25, 0.3) is 21.9 Å². The molecule has 0 saturated heterocycles. The molecule has 5 N–H and O–H groups in total. The van der Waals surface area contributed by atoms with E-state index in [1.807, 2.05) is 36.8 Å². The molecule has 2 aliphatic carbocycles. The van der Waals surface area contributed by atoms with Crippen LogP contribution in [0.4, 0.5) is 0 Å². The number of esters is 1. The molecule has 2 aliphatic rings. The largest absolute Gasteiger partial charge is 0.506 e. The normalized spacial score (nSPS) is 18.7. The van der Waals surface area contributed by atoms with E-state index in [9.17, 15) is 24.9 Å². The molecule has 2 aromatic carbocycles. The van der Waals surface area contributed by atoms with Crippen LogP contribution in [0.15, 0.2) is 71.1 Å². The van der Waals surface area contributed by atoms with Gasteiger partial charge < -0.3 is 39.8 Å². The van der Waals surface area contributed by atoms with Gasteiger partial charge in [-0.1, -0.05) is 12.1 Å². The molecule has 4 heterocycles. The molecule has 13 heteroatoms. The van der Waals surface area contributed by atoms with Crippen LogP contribution in [0.5, 0.6) is 5.75 Å². The molecule has 1 unspecified atom stereocenters. The van der Waals surface area contributed by atoms with Gasteiger partial charge >= 0.3 is 5.97 Å². The number of rotatable bonds is 14. The number of phenols is 1. The Hall–Kier alpha value is -4.37. The second kappa shape index (κ2) is 16.2. The summed E-state index contributed by atoms with van der Waals surface area (Å²) in [6.45, 7) is 4.71. The van der Waals surface area contributed by atoms with Crippen molar-refractivity contribution in [1.29, 1.82) is 0 Å². The number of carbonyl (C=O) groups excluding carboxylic acids is 1. The van der Waals surface area contributed by atoms with Gasteiger partial charge in [-0.2, -0.15) is 0 Å². The van der Waals surface area contributed by atoms with Gasteiger partial charge in [0, 0.05) is 42.0 Å². The summed E-state index contributed by atoms with van der Waals surface area (Å²) >= 11 is 2.79. The number of imidazole rings is 1. The summed E-state index contributed by atoms with van der Waals surface area (Å²) in [6, 6.07) is 16.2. The molecule has 294 valence electrons. The molecule has 0 aliphatic heterocycles. The Kier molecular flexibility index (Phi) is 11.2. The fourth-order valence-electron chi connectivity index (χ4n) is 8.72. The Morgan fingerprint density at radius 3 is 2.70 bits per heavy atom. The number of thiophene rings is 2. The minimum atomic E-state index is -1.78. The maximum absolute atomic E-state index is 13.6. The minimum Gasteiger partial charge on any atom is -0.506 e. The molecule has 11 nitrogen and oxygen atoms in total. The number of benzene rings is 2. The summed E-state index contributed by atoms with van der Waals surface area (Å²) in [4.78, 5) is 37.5. The zero-order chi connectivity index (χ0) is 39.0. The molecule has 0 bridgehead atoms. The third-order valence-electron chi connectivity index (χ3n) is 11.7. The summed E-state index contributed by atoms with van der Waals surface area (Å²) in [7, 11) is 2.19. The van der Waals surface area contributed by atoms with E-state index < -0.39 is 17.7 Å². The van der Waals surface area contributed by atoms with E-state index in [4.69, 9.17) is 9.72 Å². The molecular formula is C43H49N5O6S2. The molecule has 1 saturated carbocycles. The van der Waals surface area contributed by atoms with Crippen molar-refractivity contribution in [3.05, 3.63) is 114 Å². The maximum atomic E-state index is 13.6. The lowest BCUT2D eigenvalue weighted by atomic mass is 9.91. The number of nitrogens with zero attached hydrogens (tertiary/aromatic N) is 3. The number of aromatic amines is 1. The zero-order valence-corrected chi connectivity index (χ0v) is 33.4. The highest BCUT2D eigenvalue weighted by Crippen LogP contribution is 2.39. The fraction of sp³-hybridized carbons (Fsp3) is 0.419. The van der Waals surface area contributed by atoms with Crippen molar-refractivity contribution >= 4 is 50.6 Å². The van der Waals surface area contributed by atoms with Crippen molar-refractivity contribution in [1.82, 2.24) is 24.8 Å². The Morgan fingerprint density at radius 2 is 1.93 bits per heavy atom. The second-order valence-electron chi connectivity index (χ2n) is 15.4. The van der Waals surface area contributed by atoms with Gasteiger partial charge in [-0.05, 0) is 136 Å². The number of nitrogens with one attached hydrogen (secondary N) is 2. The Bertz CT molecular complexity index is 2390. The van der Waals surface area contributed by atoms with Gasteiger partial charge in [0.1, 0.15) is 11.9 Å². The Morgan fingerprint density at radius 1 is 1.11 bits per heavy atom. The van der Waals surface area contributed by atoms with E-state index in [1.54, 1.807) is 18.2 Å². The number of H-pyrrole nitrogens is 1. The van der Waals surface area contributed by atoms with Gasteiger partial charge in [-0.25, -0.2) is 9.78 Å². The van der Waals surface area contributed by atoms with Crippen LogP contribution in [0.3, 0.4) is 0 Å². The van der Waals surface area contributed by atoms with Crippen LogP contribution in [0.1, 0.15) is 81.5 Å². The van der Waals surface area contributed by atoms with Crippen LogP contribution >= 0.6 is 22.7 Å². The van der Waals surface area contributed by atoms with Gasteiger partial charge in [0.25, 0.3) is 0 Å². The lowest BCUT2D eigenvalue weighted by Gasteiger charge is -2.35. The maximum Gasteiger partial charge on any atom is 0.349 e. The molecule has 6 aromatic rings. The summed E-state index contributed by atoms with van der Waals surface area (Å²) in [5.74, 6) is -0.609. The van der Waals surface area contributed by atoms with Crippen molar-refractivity contribution in [2.24, 2.45) is 0 Å². The van der Waals surface area contributed by atoms with Gasteiger partial charge in [-0.3, -0.25) is 4.79 Å². The standard InChI is InChI=1S/C43H49N5O6S2/c1-26-9-17-38(56-26)43(53,37-8-4-21-55-37)42(52)54-29-12-10-28(11-13-29)47(2)19-5-20-48-25-45-34-22-27(30-6-3-7-33(30)41(34)48)23-44-24-36(50)31-14-16-35(49)40-32(31)15-18-39(51)46-40/h4,8-9,14-18,21-22,25,28-29,36,44,49-50,53H,3,5-7,10-13,19-20,23-24H2,1-2H3,(H,46,51)/t28-,29-,36-,43?/m0/s1. The Balaban J connectivity index is 0.843. The zero-order valence-electron chi connectivity index (χ0n) is 31.8. The summed E-state index contributed by atoms with van der Waals surface area (Å²) in [5.41, 5.74) is 5.08. The van der Waals surface area contributed by atoms with Crippen molar-refractivity contribution in [3.8, 4) is 5.75 Å². The van der Waals surface area contributed by atoms with Gasteiger partial charge in [-0.15, -0.1) is 22.7 Å². The summed E-state index contributed by atoms with van der Waals surface area (Å²) < 4.78 is 8.34. The van der Waals surface area contributed by atoms with Crippen LogP contribution in [0.2, 0.25) is 0 Å². The first kappa shape index (κ1) is 38.5. The molecular weight excluding hydrogens is 747 g/mol. The van der Waals surface area contributed by atoms with E-state index in [0.29, 0.717) is 45.4 Å². The first-order valence-corrected chi connectivity index (χ1v) is 21.3. The molecule has 4 aromatic heterocycles. The van der Waals surface area contributed by atoms with Crippen molar-refractivity contribution in [3.63, 3.8) is 0 Å². The lowest BCUT2D eigenvalue weighted by Crippen LogP contribution is -2.42. The molecule has 8 rings (SSSR count). The first-order valence-electron chi connectivity index (χ1n) is 19.6. The monoisotopic (exact) mass is 795 g/mol. The number of aliphatic hydroxyl groups excluding tert-OH is 1. The van der Waals surface area contributed by atoms with Crippen LogP contribution in [-0.2, 0) is 41.1 Å². The van der Waals surface area contributed by atoms with E-state index in [1.165, 1.54) is 57.0 Å². The fourth-order valence-corrected chi connectivity index (χ4v) is 10.6. The average Bonchev–Trinajstić information content (AvgIpc) is 4.03. The quantitative estimate of drug-likeness (QED) is 0.0785. The van der Waals surface area contributed by atoms with Crippen LogP contribution < -0.4 is 10.9 Å². The first-order chi connectivity index (χ1) is 27.1. The number of hydrogen-bond donors (Lipinski definition) is 5. The predicted molar refractivity (Wildman–Crippen MR) is 220 cm³/mol. The van der Waals surface area contributed by atoms with Gasteiger partial charge in [0.05, 0.1) is 38.7 Å². The average molecular weight is 796 g/mol. The number of aliphatic hydroxyl groups is 2. The third-order valence-corrected chi connectivity index (χ3v) is 13.8. The van der Waals surface area contributed by atoms with Crippen molar-refractivity contribution < 1.29 is 24.9 Å². The number of phenolic OH excluding ortho intramolecular Hbond substituents is 1. The second-order valence-corrected chi connectivity index (χ2v) is 17.6. The smallest absolute Gasteiger partial charge is 0.349 e. The van der Waals surface area contributed by atoms with E-state index in [0.717, 1.165) is 74.8 Å². The number of carbonyl (C=O) groups is 1. The molecule has 56 heavy (non-hydrogen) atoms. The topological polar surface area (TPSA) is 153 Å². The SMILES string of the molecule is Cc1ccc(C(O)(C(=O)O[C@H]2CC[C@H](N(C)CCCn3cnc4cc(CNC[C@H](O)c5ccc(O)c6[nH]c(=O)ccc56)c5c(c43)CCC5)CC2)c2cccs2)s1. The number of aromatic hydroxyl groups is 1. The predicted octanol–water partition coefficient (Wildman–Crippen LogP) is 6.44. The molecule has 0 radical (unpaired) electrons. The third kappa shape index (κ3) is 7.56. The lowest BCUT2D eigenvalue weighted by molar-refractivity contribution is -0.169. The molecule has 1 fully saturated rings. The number of hydrogen-bond acceptors (Lipinski definition) is 11. The number of ether oxygens (including phenoxy) is 1. The van der Waals surface area contributed by atoms with Crippen molar-refractivity contribution in [2.45, 2.75) is 95.2 Å². The number of aryl methyl sites for hydroxylation is 3. The van der Waals surface area contributed by atoms with Crippen LogP contribution in [-0.4, -0.2) is 73.0 Å².